The molecule has 0 saturated carbocycles. The Bertz CT molecular complexity index is 3400. The summed E-state index contributed by atoms with van der Waals surface area (Å²) >= 11 is 0. The van der Waals surface area contributed by atoms with E-state index in [-0.39, 0.29) is 5.41 Å². The second-order valence-corrected chi connectivity index (χ2v) is 16.2. The normalized spacial score (nSPS) is 13.3. The molecule has 60 heavy (non-hydrogen) atoms. The Hall–Kier alpha value is -7.83. The van der Waals surface area contributed by atoms with E-state index >= 15 is 0 Å². The second-order valence-electron chi connectivity index (χ2n) is 16.2. The van der Waals surface area contributed by atoms with Gasteiger partial charge in [-0.1, -0.05) is 141 Å². The summed E-state index contributed by atoms with van der Waals surface area (Å²) in [5, 5.41) is 4.87. The first kappa shape index (κ1) is 34.2. The van der Waals surface area contributed by atoms with Crippen molar-refractivity contribution in [3.8, 4) is 39.9 Å². The average molecular weight is 771 g/mol. The molecule has 284 valence electrons. The van der Waals surface area contributed by atoms with Crippen molar-refractivity contribution >= 4 is 60.7 Å². The van der Waals surface area contributed by atoms with E-state index in [0.29, 0.717) is 17.5 Å². The molecule has 12 rings (SSSR count). The Morgan fingerprint density at radius 2 is 0.950 bits per heavy atom. The van der Waals surface area contributed by atoms with E-state index in [4.69, 9.17) is 15.0 Å². The molecule has 0 fully saturated rings. The Kier molecular flexibility index (Phi) is 7.47. The first-order chi connectivity index (χ1) is 29.5. The summed E-state index contributed by atoms with van der Waals surface area (Å²) in [6.07, 6.45) is 0. The van der Waals surface area contributed by atoms with E-state index in [9.17, 15) is 0 Å². The van der Waals surface area contributed by atoms with E-state index in [1.165, 1.54) is 44.0 Å². The van der Waals surface area contributed by atoms with Gasteiger partial charge in [-0.3, -0.25) is 0 Å². The zero-order chi connectivity index (χ0) is 40.0. The number of para-hydroxylation sites is 3. The van der Waals surface area contributed by atoms with Crippen molar-refractivity contribution < 1.29 is 0 Å². The standard InChI is InChI=1S/C54H38N6/c1-54(2)43-30-42-40-26-13-15-28-47(40)60(38-24-16-21-36(29-38)53-57-51(34-17-6-3-7-18-34)56-52(58-53)35-19-8-4-9-20-35)48(42)33-50(43)59(37-22-10-5-11-23-37)49-31-41-39-25-12-14-27-45(39)55-46(41)32-44(49)54/h3-33,55H,1-2H3. The van der Waals surface area contributed by atoms with Crippen LogP contribution in [0.2, 0.25) is 0 Å². The van der Waals surface area contributed by atoms with Gasteiger partial charge in [0.05, 0.1) is 22.4 Å². The van der Waals surface area contributed by atoms with Crippen LogP contribution in [0.4, 0.5) is 17.1 Å². The summed E-state index contributed by atoms with van der Waals surface area (Å²) in [6.45, 7) is 4.75. The first-order valence-electron chi connectivity index (χ1n) is 20.5. The minimum absolute atomic E-state index is 0.301. The van der Waals surface area contributed by atoms with Crippen LogP contribution in [0, 0.1) is 0 Å². The summed E-state index contributed by atoms with van der Waals surface area (Å²) in [7, 11) is 0. The van der Waals surface area contributed by atoms with Crippen LogP contribution in [0.25, 0.3) is 83.5 Å². The lowest BCUT2D eigenvalue weighted by molar-refractivity contribution is 0.634. The predicted molar refractivity (Wildman–Crippen MR) is 247 cm³/mol. The molecule has 0 aliphatic carbocycles. The van der Waals surface area contributed by atoms with Gasteiger partial charge in [-0.2, -0.15) is 0 Å². The molecule has 0 amide bonds. The number of benzene rings is 8. The van der Waals surface area contributed by atoms with Crippen molar-refractivity contribution in [3.63, 3.8) is 0 Å². The molecule has 0 bridgehead atoms. The molecule has 4 heterocycles. The molecular weight excluding hydrogens is 733 g/mol. The summed E-state index contributed by atoms with van der Waals surface area (Å²) in [4.78, 5) is 21.3. The van der Waals surface area contributed by atoms with E-state index < -0.39 is 0 Å². The lowest BCUT2D eigenvalue weighted by Gasteiger charge is -2.42. The Balaban J connectivity index is 1.09. The molecule has 8 aromatic carbocycles. The quantitative estimate of drug-likeness (QED) is 0.189. The van der Waals surface area contributed by atoms with Gasteiger partial charge in [0.25, 0.3) is 0 Å². The van der Waals surface area contributed by atoms with Crippen molar-refractivity contribution in [2.24, 2.45) is 0 Å². The molecule has 0 saturated heterocycles. The highest BCUT2D eigenvalue weighted by molar-refractivity contribution is 6.13. The predicted octanol–water partition coefficient (Wildman–Crippen LogP) is 13.7. The third-order valence-corrected chi connectivity index (χ3v) is 12.3. The van der Waals surface area contributed by atoms with Crippen LogP contribution in [0.5, 0.6) is 0 Å². The van der Waals surface area contributed by atoms with E-state index in [2.05, 4.69) is 156 Å². The van der Waals surface area contributed by atoms with Crippen molar-refractivity contribution in [1.82, 2.24) is 24.5 Å². The fraction of sp³-hybridized carbons (Fsp3) is 0.0556. The zero-order valence-electron chi connectivity index (χ0n) is 33.1. The molecule has 0 atom stereocenters. The smallest absolute Gasteiger partial charge is 0.164 e. The Labute approximate surface area is 347 Å². The van der Waals surface area contributed by atoms with Crippen LogP contribution < -0.4 is 4.90 Å². The summed E-state index contributed by atoms with van der Waals surface area (Å²) in [5.41, 5.74) is 14.2. The lowest BCUT2D eigenvalue weighted by atomic mass is 9.72. The van der Waals surface area contributed by atoms with Crippen molar-refractivity contribution in [1.29, 1.82) is 0 Å². The van der Waals surface area contributed by atoms with Crippen molar-refractivity contribution in [3.05, 3.63) is 199 Å². The molecule has 1 aliphatic heterocycles. The van der Waals surface area contributed by atoms with Gasteiger partial charge in [0, 0.05) is 66.1 Å². The van der Waals surface area contributed by atoms with Gasteiger partial charge in [0.15, 0.2) is 17.5 Å². The number of rotatable bonds is 5. The van der Waals surface area contributed by atoms with E-state index in [0.717, 1.165) is 50.1 Å². The number of nitrogens with zero attached hydrogens (tertiary/aromatic N) is 5. The number of hydrogen-bond acceptors (Lipinski definition) is 4. The monoisotopic (exact) mass is 770 g/mol. The topological polar surface area (TPSA) is 62.6 Å². The van der Waals surface area contributed by atoms with Crippen LogP contribution in [0.15, 0.2) is 188 Å². The molecule has 6 heteroatoms. The molecule has 1 N–H and O–H groups in total. The number of anilines is 3. The largest absolute Gasteiger partial charge is 0.354 e. The third kappa shape index (κ3) is 5.24. The average Bonchev–Trinajstić information content (AvgIpc) is 3.84. The second kappa shape index (κ2) is 13.1. The highest BCUT2D eigenvalue weighted by atomic mass is 15.2. The number of nitrogens with one attached hydrogen (secondary N) is 1. The molecule has 6 nitrogen and oxygen atoms in total. The highest BCUT2D eigenvalue weighted by Crippen LogP contribution is 2.55. The molecule has 3 aromatic heterocycles. The van der Waals surface area contributed by atoms with Gasteiger partial charge >= 0.3 is 0 Å². The van der Waals surface area contributed by atoms with Gasteiger partial charge in [-0.05, 0) is 71.8 Å². The van der Waals surface area contributed by atoms with Crippen LogP contribution in [0.1, 0.15) is 25.0 Å². The fourth-order valence-electron chi connectivity index (χ4n) is 9.39. The Morgan fingerprint density at radius 1 is 0.400 bits per heavy atom. The van der Waals surface area contributed by atoms with E-state index in [1.54, 1.807) is 0 Å². The van der Waals surface area contributed by atoms with Gasteiger partial charge < -0.3 is 14.5 Å². The van der Waals surface area contributed by atoms with Gasteiger partial charge in [-0.15, -0.1) is 0 Å². The lowest BCUT2D eigenvalue weighted by Crippen LogP contribution is -2.30. The fourth-order valence-corrected chi connectivity index (χ4v) is 9.39. The first-order valence-corrected chi connectivity index (χ1v) is 20.5. The molecule has 1 aliphatic rings. The van der Waals surface area contributed by atoms with Crippen molar-refractivity contribution in [2.75, 3.05) is 4.90 Å². The molecule has 0 spiro atoms. The number of hydrogen-bond donors (Lipinski definition) is 1. The highest BCUT2D eigenvalue weighted by Gasteiger charge is 2.38. The summed E-state index contributed by atoms with van der Waals surface area (Å²) in [6, 6.07) is 66.7. The maximum Gasteiger partial charge on any atom is 0.164 e. The summed E-state index contributed by atoms with van der Waals surface area (Å²) < 4.78 is 2.40. The van der Waals surface area contributed by atoms with Crippen molar-refractivity contribution in [2.45, 2.75) is 19.3 Å². The summed E-state index contributed by atoms with van der Waals surface area (Å²) in [5.74, 6) is 1.91. The van der Waals surface area contributed by atoms with Crippen LogP contribution >= 0.6 is 0 Å². The SMILES string of the molecule is CC1(C)c2cc3[nH]c4ccccc4c3cc2N(c2ccccc2)c2cc3c(cc21)c1ccccc1n3-c1cccc(-c2nc(-c3ccccc3)nc(-c3ccccc3)n2)c1. The number of fused-ring (bicyclic) bond motifs is 8. The third-order valence-electron chi connectivity index (χ3n) is 12.3. The van der Waals surface area contributed by atoms with E-state index in [1.807, 2.05) is 60.7 Å². The van der Waals surface area contributed by atoms with Gasteiger partial charge in [-0.25, -0.2) is 15.0 Å². The number of H-pyrrole nitrogens is 1. The van der Waals surface area contributed by atoms with Gasteiger partial charge in [0.1, 0.15) is 0 Å². The minimum atomic E-state index is -0.301. The van der Waals surface area contributed by atoms with Crippen LogP contribution in [-0.2, 0) is 5.41 Å². The minimum Gasteiger partial charge on any atom is -0.354 e. The maximum absolute atomic E-state index is 5.08. The number of aromatic nitrogens is 5. The van der Waals surface area contributed by atoms with Crippen LogP contribution in [0.3, 0.4) is 0 Å². The molecule has 11 aromatic rings. The molecular formula is C54H38N6. The molecule has 0 unspecified atom stereocenters. The molecule has 0 radical (unpaired) electrons. The zero-order valence-corrected chi connectivity index (χ0v) is 33.1. The Morgan fingerprint density at radius 3 is 1.67 bits per heavy atom. The number of aromatic amines is 1. The maximum atomic E-state index is 5.08. The van der Waals surface area contributed by atoms with Crippen LogP contribution in [-0.4, -0.2) is 24.5 Å². The van der Waals surface area contributed by atoms with Gasteiger partial charge in [0.2, 0.25) is 0 Å².